The smallest absolute Gasteiger partial charge is 0.307 e. The van der Waals surface area contributed by atoms with Crippen LogP contribution in [0.3, 0.4) is 0 Å². The molecule has 0 spiro atoms. The Morgan fingerprint density at radius 1 is 1.18 bits per heavy atom. The van der Waals surface area contributed by atoms with E-state index in [4.69, 9.17) is 5.11 Å². The number of rotatable bonds is 16. The first-order valence-corrected chi connectivity index (χ1v) is 11.1. The molecular weight excluding hydrogens is 352 g/mol. The number of carbonyl (C=O) groups is 2. The minimum absolute atomic E-state index is 0.0271. The molecule has 2 N–H and O–H groups in total. The lowest BCUT2D eigenvalue weighted by atomic mass is 9.91. The Morgan fingerprint density at radius 3 is 2.61 bits per heavy atom. The van der Waals surface area contributed by atoms with Crippen LogP contribution < -0.4 is 0 Å². The molecule has 0 bridgehead atoms. The van der Waals surface area contributed by atoms with Gasteiger partial charge in [-0.25, -0.2) is 0 Å². The van der Waals surface area contributed by atoms with Gasteiger partial charge >= 0.3 is 5.97 Å². The molecule has 4 heteroatoms. The lowest BCUT2D eigenvalue weighted by molar-refractivity contribution is -0.136. The van der Waals surface area contributed by atoms with Crippen molar-refractivity contribution < 1.29 is 19.8 Å². The van der Waals surface area contributed by atoms with Crippen molar-refractivity contribution in [1.82, 2.24) is 0 Å². The average molecular weight is 391 g/mol. The Morgan fingerprint density at radius 2 is 1.89 bits per heavy atom. The second-order valence-electron chi connectivity index (χ2n) is 7.85. The number of unbranched alkanes of at least 4 members (excludes halogenated alkanes) is 6. The Kier molecular flexibility index (Phi) is 13.3. The third kappa shape index (κ3) is 11.3. The molecule has 0 aliphatic heterocycles. The summed E-state index contributed by atoms with van der Waals surface area (Å²) in [6, 6.07) is 0. The van der Waals surface area contributed by atoms with Gasteiger partial charge in [0.15, 0.2) is 0 Å². The van der Waals surface area contributed by atoms with Gasteiger partial charge in [-0.1, -0.05) is 63.5 Å². The fraction of sp³-hybridized carbons (Fsp3) is 0.708. The molecule has 28 heavy (non-hydrogen) atoms. The first-order valence-electron chi connectivity index (χ1n) is 11.1. The summed E-state index contributed by atoms with van der Waals surface area (Å²) in [6.07, 6.45) is 18.2. The molecule has 158 valence electrons. The number of aliphatic carboxylic acids is 1. The molecule has 2 atom stereocenters. The minimum atomic E-state index is -0.868. The van der Waals surface area contributed by atoms with Crippen LogP contribution in [-0.4, -0.2) is 28.1 Å². The molecule has 0 heterocycles. The third-order valence-electron chi connectivity index (χ3n) is 5.42. The summed E-state index contributed by atoms with van der Waals surface area (Å²) < 4.78 is 0. The lowest BCUT2D eigenvalue weighted by Crippen LogP contribution is -2.13. The van der Waals surface area contributed by atoms with Crippen molar-refractivity contribution in [2.75, 3.05) is 0 Å². The molecule has 1 aliphatic rings. The van der Waals surface area contributed by atoms with E-state index in [0.717, 1.165) is 32.1 Å². The van der Waals surface area contributed by atoms with Crippen LogP contribution in [-0.2, 0) is 9.59 Å². The van der Waals surface area contributed by atoms with E-state index in [1.54, 1.807) is 0 Å². The zero-order chi connectivity index (χ0) is 20.6. The van der Waals surface area contributed by atoms with Gasteiger partial charge in [0.05, 0.1) is 12.5 Å². The molecule has 0 aromatic rings. The van der Waals surface area contributed by atoms with E-state index >= 15 is 0 Å². The number of aliphatic hydroxyl groups excluding tert-OH is 1. The zero-order valence-electron chi connectivity index (χ0n) is 17.5. The van der Waals surface area contributed by atoms with Crippen molar-refractivity contribution in [1.29, 1.82) is 0 Å². The van der Waals surface area contributed by atoms with Crippen LogP contribution in [0.15, 0.2) is 29.5 Å². The lowest BCUT2D eigenvalue weighted by Gasteiger charge is -2.15. The van der Waals surface area contributed by atoms with Gasteiger partial charge < -0.3 is 10.2 Å². The van der Waals surface area contributed by atoms with Crippen molar-refractivity contribution >= 4 is 11.8 Å². The number of carboxylic acid groups (broad SMARTS) is 1. The topological polar surface area (TPSA) is 74.6 Å². The predicted molar refractivity (Wildman–Crippen MR) is 113 cm³/mol. The number of carbonyl (C=O) groups excluding carboxylic acids is 1. The van der Waals surface area contributed by atoms with Gasteiger partial charge in [-0.3, -0.25) is 9.59 Å². The van der Waals surface area contributed by atoms with Crippen molar-refractivity contribution in [2.24, 2.45) is 5.92 Å². The van der Waals surface area contributed by atoms with E-state index in [1.807, 2.05) is 12.2 Å². The molecular formula is C24H38O4. The second kappa shape index (κ2) is 15.3. The molecule has 0 radical (unpaired) electrons. The van der Waals surface area contributed by atoms with E-state index in [9.17, 15) is 14.7 Å². The van der Waals surface area contributed by atoms with Crippen molar-refractivity contribution in [3.8, 4) is 0 Å². The molecule has 0 saturated carbocycles. The van der Waals surface area contributed by atoms with Crippen LogP contribution in [0.5, 0.6) is 0 Å². The number of aliphatic hydroxyl groups is 1. The van der Waals surface area contributed by atoms with Crippen LogP contribution in [0.1, 0.15) is 96.8 Å². The Bertz CT molecular complexity index is 555. The fourth-order valence-electron chi connectivity index (χ4n) is 3.72. The number of Topliss-reactive ketones (excluding diaryl/α,β-unsaturated/α-hetero) is 1. The normalized spacial score (nSPS) is 17.1. The van der Waals surface area contributed by atoms with Gasteiger partial charge in [0.1, 0.15) is 5.78 Å². The van der Waals surface area contributed by atoms with Gasteiger partial charge in [-0.2, -0.15) is 0 Å². The molecule has 0 saturated heterocycles. The molecule has 0 amide bonds. The largest absolute Gasteiger partial charge is 0.481 e. The highest BCUT2D eigenvalue weighted by atomic mass is 16.4. The number of hydrogen-bond donors (Lipinski definition) is 2. The van der Waals surface area contributed by atoms with Gasteiger partial charge in [0, 0.05) is 12.3 Å². The SMILES string of the molecule is CCCCCCCCCC(O)CCC1=CCC(=O)[C@@H]1CCC=C=CCC(=O)O. The van der Waals surface area contributed by atoms with E-state index in [1.165, 1.54) is 50.2 Å². The average Bonchev–Trinajstić information content (AvgIpc) is 3.01. The summed E-state index contributed by atoms with van der Waals surface area (Å²) >= 11 is 0. The van der Waals surface area contributed by atoms with Gasteiger partial charge in [-0.05, 0) is 44.3 Å². The summed E-state index contributed by atoms with van der Waals surface area (Å²) in [4.78, 5) is 22.6. The molecule has 1 rings (SSSR count). The highest BCUT2D eigenvalue weighted by Gasteiger charge is 2.26. The Labute approximate surface area is 170 Å². The van der Waals surface area contributed by atoms with Crippen molar-refractivity contribution in [3.05, 3.63) is 29.5 Å². The maximum Gasteiger partial charge on any atom is 0.307 e. The number of ketones is 1. The van der Waals surface area contributed by atoms with Crippen LogP contribution in [0.2, 0.25) is 0 Å². The molecule has 0 aromatic carbocycles. The van der Waals surface area contributed by atoms with E-state index in [-0.39, 0.29) is 24.2 Å². The van der Waals surface area contributed by atoms with Crippen LogP contribution in [0, 0.1) is 5.92 Å². The van der Waals surface area contributed by atoms with Crippen molar-refractivity contribution in [3.63, 3.8) is 0 Å². The van der Waals surface area contributed by atoms with E-state index in [0.29, 0.717) is 12.8 Å². The first kappa shape index (κ1) is 24.4. The van der Waals surface area contributed by atoms with E-state index < -0.39 is 5.97 Å². The Balaban J connectivity index is 2.22. The van der Waals surface area contributed by atoms with Crippen LogP contribution >= 0.6 is 0 Å². The predicted octanol–water partition coefficient (Wildman–Crippen LogP) is 5.75. The van der Waals surface area contributed by atoms with Crippen LogP contribution in [0.4, 0.5) is 0 Å². The van der Waals surface area contributed by atoms with Gasteiger partial charge in [0.25, 0.3) is 0 Å². The summed E-state index contributed by atoms with van der Waals surface area (Å²) in [5, 5.41) is 18.8. The Hall–Kier alpha value is -1.64. The molecule has 1 unspecified atom stereocenters. The molecule has 0 aromatic heterocycles. The number of allylic oxidation sites excluding steroid dienone is 2. The quantitative estimate of drug-likeness (QED) is 0.200. The maximum absolute atomic E-state index is 12.1. The summed E-state index contributed by atoms with van der Waals surface area (Å²) in [5.41, 5.74) is 4.04. The minimum Gasteiger partial charge on any atom is -0.481 e. The fourth-order valence-corrected chi connectivity index (χ4v) is 3.72. The van der Waals surface area contributed by atoms with Gasteiger partial charge in [0.2, 0.25) is 0 Å². The standard InChI is InChI=1S/C24H38O4/c1-2-3-4-5-6-7-10-13-21(25)18-16-20-17-19-23(26)22(20)14-11-8-9-12-15-24(27)28/h8,12,17,21-22,25H,2-7,10-11,13-16,18-19H2,1H3,(H,27,28)/t9?,21?,22-/m1/s1. The summed E-state index contributed by atoms with van der Waals surface area (Å²) in [5.74, 6) is -0.644. The summed E-state index contributed by atoms with van der Waals surface area (Å²) in [6.45, 7) is 2.23. The number of hydrogen-bond acceptors (Lipinski definition) is 3. The van der Waals surface area contributed by atoms with Crippen molar-refractivity contribution in [2.45, 2.75) is 103 Å². The molecule has 0 fully saturated rings. The molecule has 1 aliphatic carbocycles. The summed E-state index contributed by atoms with van der Waals surface area (Å²) in [7, 11) is 0. The van der Waals surface area contributed by atoms with Crippen LogP contribution in [0.25, 0.3) is 0 Å². The third-order valence-corrected chi connectivity index (χ3v) is 5.42. The highest BCUT2D eigenvalue weighted by molar-refractivity contribution is 5.88. The first-order chi connectivity index (χ1) is 13.5. The highest BCUT2D eigenvalue weighted by Crippen LogP contribution is 2.31. The molecule has 4 nitrogen and oxygen atoms in total. The maximum atomic E-state index is 12.1. The van der Waals surface area contributed by atoms with E-state index in [2.05, 4.69) is 12.7 Å². The monoisotopic (exact) mass is 390 g/mol. The van der Waals surface area contributed by atoms with Gasteiger partial charge in [-0.15, -0.1) is 5.73 Å². The second-order valence-corrected chi connectivity index (χ2v) is 7.85. The number of carboxylic acids is 1. The zero-order valence-corrected chi connectivity index (χ0v) is 17.5.